The Kier molecular flexibility index (Phi) is 6.85. The van der Waals surface area contributed by atoms with E-state index < -0.39 is 46.9 Å². The van der Waals surface area contributed by atoms with Gasteiger partial charge < -0.3 is 10.1 Å². The van der Waals surface area contributed by atoms with E-state index in [0.717, 1.165) is 35.0 Å². The topological polar surface area (TPSA) is 99.3 Å². The summed E-state index contributed by atoms with van der Waals surface area (Å²) >= 11 is 6.04. The van der Waals surface area contributed by atoms with Gasteiger partial charge in [0.2, 0.25) is 5.91 Å². The van der Waals surface area contributed by atoms with Crippen LogP contribution < -0.4 is 10.1 Å². The second-order valence-electron chi connectivity index (χ2n) is 7.97. The number of ether oxygens (including phenoxy) is 1. The lowest BCUT2D eigenvalue weighted by atomic mass is 10.2. The van der Waals surface area contributed by atoms with Crippen molar-refractivity contribution in [3.05, 3.63) is 74.6 Å². The Morgan fingerprint density at radius 1 is 1.22 bits per heavy atom. The summed E-state index contributed by atoms with van der Waals surface area (Å²) in [7, 11) is 0. The Labute approximate surface area is 204 Å². The fourth-order valence-electron chi connectivity index (χ4n) is 3.51. The molecular formula is C22H16ClF5N4O4. The maximum atomic E-state index is 13.2. The van der Waals surface area contributed by atoms with Gasteiger partial charge in [-0.1, -0.05) is 17.7 Å². The number of halogens is 6. The van der Waals surface area contributed by atoms with Gasteiger partial charge in [-0.15, -0.1) is 0 Å². The Morgan fingerprint density at radius 3 is 2.56 bits per heavy atom. The summed E-state index contributed by atoms with van der Waals surface area (Å²) in [4.78, 5) is 23.2. The van der Waals surface area contributed by atoms with Gasteiger partial charge >= 0.3 is 6.18 Å². The lowest BCUT2D eigenvalue weighted by molar-refractivity contribution is -0.384. The number of nitrogens with one attached hydrogen (secondary N) is 1. The van der Waals surface area contributed by atoms with Crippen molar-refractivity contribution < 1.29 is 36.4 Å². The van der Waals surface area contributed by atoms with Gasteiger partial charge in [0, 0.05) is 18.1 Å². The molecule has 0 saturated heterocycles. The summed E-state index contributed by atoms with van der Waals surface area (Å²) in [6.45, 7) is -0.495. The quantitative estimate of drug-likeness (QED) is 0.198. The molecule has 36 heavy (non-hydrogen) atoms. The van der Waals surface area contributed by atoms with Gasteiger partial charge in [0.15, 0.2) is 0 Å². The molecular weight excluding hydrogens is 515 g/mol. The van der Waals surface area contributed by atoms with Crippen LogP contribution in [-0.2, 0) is 17.5 Å². The normalized spacial score (nSPS) is 13.6. The van der Waals surface area contributed by atoms with Gasteiger partial charge in [0.05, 0.1) is 33.0 Å². The number of aromatic nitrogens is 2. The van der Waals surface area contributed by atoms with Crippen molar-refractivity contribution in [2.75, 3.05) is 5.32 Å². The average Bonchev–Trinajstić information content (AvgIpc) is 3.56. The first-order chi connectivity index (χ1) is 16.9. The predicted octanol–water partition coefficient (Wildman–Crippen LogP) is 6.71. The molecule has 1 aromatic heterocycles. The molecule has 1 amide bonds. The second kappa shape index (κ2) is 9.72. The smallest absolute Gasteiger partial charge is 0.416 e. The predicted molar refractivity (Wildman–Crippen MR) is 117 cm³/mol. The number of carbonyl (C=O) groups is 1. The molecule has 0 spiro atoms. The van der Waals surface area contributed by atoms with Crippen molar-refractivity contribution in [3.8, 4) is 11.5 Å². The minimum atomic E-state index is -4.62. The van der Waals surface area contributed by atoms with Crippen LogP contribution in [0.5, 0.6) is 11.5 Å². The molecule has 1 aliphatic carbocycles. The highest BCUT2D eigenvalue weighted by Gasteiger charge is 2.34. The number of hydrogen-bond donors (Lipinski definition) is 1. The number of nitrogens with zero attached hydrogens (tertiary/aromatic N) is 3. The number of nitro benzene ring substituents is 1. The van der Waals surface area contributed by atoms with Crippen molar-refractivity contribution in [1.29, 1.82) is 0 Å². The number of non-ortho nitro benzene ring substituents is 1. The molecule has 0 aliphatic heterocycles. The lowest BCUT2D eigenvalue weighted by Gasteiger charge is -2.12. The van der Waals surface area contributed by atoms with E-state index >= 15 is 0 Å². The molecule has 0 unspecified atom stereocenters. The first kappa shape index (κ1) is 25.4. The molecule has 0 atom stereocenters. The molecule has 14 heteroatoms. The number of anilines is 1. The third-order valence-corrected chi connectivity index (χ3v) is 5.59. The van der Waals surface area contributed by atoms with Gasteiger partial charge in [-0.25, -0.2) is 8.78 Å². The van der Waals surface area contributed by atoms with Crippen LogP contribution in [0.4, 0.5) is 33.3 Å². The zero-order chi connectivity index (χ0) is 26.2. The number of benzene rings is 2. The molecule has 1 heterocycles. The van der Waals surface area contributed by atoms with E-state index in [0.29, 0.717) is 18.5 Å². The second-order valence-corrected chi connectivity index (χ2v) is 8.34. The van der Waals surface area contributed by atoms with E-state index in [1.807, 2.05) is 0 Å². The zero-order valence-electron chi connectivity index (χ0n) is 18.1. The first-order valence-corrected chi connectivity index (χ1v) is 10.8. The molecule has 3 aromatic rings. The van der Waals surface area contributed by atoms with Crippen LogP contribution >= 0.6 is 11.6 Å². The fourth-order valence-corrected chi connectivity index (χ4v) is 3.88. The number of nitro groups is 1. The van der Waals surface area contributed by atoms with E-state index in [1.165, 1.54) is 12.1 Å². The highest BCUT2D eigenvalue weighted by atomic mass is 35.5. The maximum absolute atomic E-state index is 13.2. The Hall–Kier alpha value is -3.74. The minimum absolute atomic E-state index is 0.100. The number of alkyl halides is 5. The number of carbonyl (C=O) groups excluding carboxylic acids is 1. The van der Waals surface area contributed by atoms with Crippen molar-refractivity contribution in [3.63, 3.8) is 0 Å². The van der Waals surface area contributed by atoms with E-state index in [1.54, 1.807) is 0 Å². The SMILES string of the molecule is O=C(Cn1nc(C(F)F)c(Cl)c1C1CC1)Nc1cc(Oc2cccc(C(F)(F)F)c2)cc([N+](=O)[O-])c1. The van der Waals surface area contributed by atoms with Crippen LogP contribution in [0.1, 0.15) is 42.1 Å². The standard InChI is InChI=1S/C22H16ClF5N4O4/c23-18-19(21(24)25)30-31(20(18)11-4-5-11)10-17(33)29-13-7-14(32(34)35)9-16(8-13)36-15-3-1-2-12(6-15)22(26,27)28/h1-3,6-9,11,21H,4-5,10H2,(H,29,33). The van der Waals surface area contributed by atoms with Crippen LogP contribution in [-0.4, -0.2) is 20.6 Å². The summed E-state index contributed by atoms with van der Waals surface area (Å²) in [5, 5.41) is 17.3. The molecule has 1 fully saturated rings. The maximum Gasteiger partial charge on any atom is 0.416 e. The first-order valence-electron chi connectivity index (χ1n) is 10.4. The Bertz CT molecular complexity index is 1320. The van der Waals surface area contributed by atoms with Crippen LogP contribution in [0.2, 0.25) is 5.02 Å². The van der Waals surface area contributed by atoms with Crippen molar-refractivity contribution in [1.82, 2.24) is 9.78 Å². The fraction of sp³-hybridized carbons (Fsp3) is 0.273. The molecule has 0 bridgehead atoms. The van der Waals surface area contributed by atoms with Gasteiger partial charge in [-0.2, -0.15) is 18.3 Å². The zero-order valence-corrected chi connectivity index (χ0v) is 18.8. The molecule has 1 aliphatic rings. The molecule has 8 nitrogen and oxygen atoms in total. The van der Waals surface area contributed by atoms with E-state index in [2.05, 4.69) is 10.4 Å². The summed E-state index contributed by atoms with van der Waals surface area (Å²) < 4.78 is 71.8. The van der Waals surface area contributed by atoms with Crippen LogP contribution in [0.3, 0.4) is 0 Å². The summed E-state index contributed by atoms with van der Waals surface area (Å²) in [5.41, 5.74) is -1.91. The molecule has 2 aromatic carbocycles. The van der Waals surface area contributed by atoms with Gasteiger partial charge in [0.25, 0.3) is 12.1 Å². The highest BCUT2D eigenvalue weighted by Crippen LogP contribution is 2.45. The molecule has 1 N–H and O–H groups in total. The molecule has 190 valence electrons. The third kappa shape index (κ3) is 5.73. The molecule has 4 rings (SSSR count). The lowest BCUT2D eigenvalue weighted by Crippen LogP contribution is -2.21. The van der Waals surface area contributed by atoms with Crippen LogP contribution in [0.25, 0.3) is 0 Å². The summed E-state index contributed by atoms with van der Waals surface area (Å²) in [5.74, 6) is -1.29. The van der Waals surface area contributed by atoms with Gasteiger partial charge in [-0.05, 0) is 31.0 Å². The van der Waals surface area contributed by atoms with Crippen LogP contribution in [0.15, 0.2) is 42.5 Å². The van der Waals surface area contributed by atoms with Crippen molar-refractivity contribution in [2.24, 2.45) is 0 Å². The minimum Gasteiger partial charge on any atom is -0.457 e. The molecule has 1 saturated carbocycles. The van der Waals surface area contributed by atoms with Crippen molar-refractivity contribution in [2.45, 2.75) is 37.9 Å². The summed E-state index contributed by atoms with van der Waals surface area (Å²) in [6.07, 6.45) is -6.15. The van der Waals surface area contributed by atoms with Gasteiger partial charge in [0.1, 0.15) is 23.7 Å². The summed E-state index contributed by atoms with van der Waals surface area (Å²) in [6, 6.07) is 7.06. The van der Waals surface area contributed by atoms with E-state index in [-0.39, 0.29) is 28.1 Å². The Balaban J connectivity index is 1.56. The van der Waals surface area contributed by atoms with E-state index in [9.17, 15) is 36.9 Å². The number of hydrogen-bond acceptors (Lipinski definition) is 5. The third-order valence-electron chi connectivity index (χ3n) is 5.20. The molecule has 0 radical (unpaired) electrons. The van der Waals surface area contributed by atoms with Gasteiger partial charge in [-0.3, -0.25) is 19.6 Å². The largest absolute Gasteiger partial charge is 0.457 e. The number of amides is 1. The monoisotopic (exact) mass is 530 g/mol. The average molecular weight is 531 g/mol. The highest BCUT2D eigenvalue weighted by molar-refractivity contribution is 6.32. The Morgan fingerprint density at radius 2 is 1.94 bits per heavy atom. The van der Waals surface area contributed by atoms with Crippen LogP contribution in [0, 0.1) is 10.1 Å². The van der Waals surface area contributed by atoms with Crippen molar-refractivity contribution >= 4 is 28.9 Å². The van der Waals surface area contributed by atoms with E-state index in [4.69, 9.17) is 16.3 Å². The number of rotatable bonds is 8.